The van der Waals surface area contributed by atoms with E-state index in [4.69, 9.17) is 23.2 Å². The van der Waals surface area contributed by atoms with Gasteiger partial charge in [0.1, 0.15) is 15.8 Å². The number of benzene rings is 2. The second-order valence-electron chi connectivity index (χ2n) is 7.34. The lowest BCUT2D eigenvalue weighted by molar-refractivity contribution is 0.282. The molecule has 0 saturated carbocycles. The lowest BCUT2D eigenvalue weighted by Crippen LogP contribution is -2.42. The molecule has 1 unspecified atom stereocenters. The van der Waals surface area contributed by atoms with Gasteiger partial charge in [-0.15, -0.1) is 0 Å². The first-order valence-electron chi connectivity index (χ1n) is 9.69. The predicted octanol–water partition coefficient (Wildman–Crippen LogP) is 5.66. The SMILES string of the molecule is CCC[C@@H](C)c1cccc(Cl)c1S(=O)(=O)N(c1cc(Cl)ccc1CO)[S+]([O-])C(C)C. The van der Waals surface area contributed by atoms with Gasteiger partial charge in [0.15, 0.2) is 0 Å². The van der Waals surface area contributed by atoms with Crippen molar-refractivity contribution in [2.75, 3.05) is 3.71 Å². The Bertz CT molecular complexity index is 983. The smallest absolute Gasteiger partial charge is 0.304 e. The average molecular weight is 492 g/mol. The van der Waals surface area contributed by atoms with Crippen molar-refractivity contribution in [3.63, 3.8) is 0 Å². The van der Waals surface area contributed by atoms with Gasteiger partial charge in [0, 0.05) is 10.6 Å². The molecule has 0 fully saturated rings. The minimum atomic E-state index is -4.34. The fourth-order valence-corrected chi connectivity index (χ4v) is 7.59. The number of anilines is 1. The van der Waals surface area contributed by atoms with Gasteiger partial charge in [0.25, 0.3) is 0 Å². The number of rotatable bonds is 9. The van der Waals surface area contributed by atoms with Crippen LogP contribution in [0.2, 0.25) is 10.0 Å². The van der Waals surface area contributed by atoms with E-state index in [9.17, 15) is 18.1 Å². The summed E-state index contributed by atoms with van der Waals surface area (Å²) >= 11 is 10.6. The number of aliphatic hydroxyl groups excluding tert-OH is 1. The third-order valence-electron chi connectivity index (χ3n) is 4.71. The normalized spacial score (nSPS) is 14.0. The van der Waals surface area contributed by atoms with E-state index in [0.29, 0.717) is 11.1 Å². The highest BCUT2D eigenvalue weighted by Gasteiger charge is 2.41. The maximum atomic E-state index is 13.9. The first-order valence-corrected chi connectivity index (χ1v) is 13.1. The number of halogens is 2. The highest BCUT2D eigenvalue weighted by Crippen LogP contribution is 2.39. The van der Waals surface area contributed by atoms with E-state index in [1.807, 2.05) is 13.8 Å². The van der Waals surface area contributed by atoms with E-state index < -0.39 is 33.2 Å². The van der Waals surface area contributed by atoms with Gasteiger partial charge >= 0.3 is 10.0 Å². The zero-order valence-corrected chi connectivity index (χ0v) is 20.6. The Morgan fingerprint density at radius 2 is 1.83 bits per heavy atom. The van der Waals surface area contributed by atoms with Gasteiger partial charge in [-0.2, -0.15) is 8.42 Å². The maximum absolute atomic E-state index is 13.9. The van der Waals surface area contributed by atoms with Crippen molar-refractivity contribution in [2.45, 2.75) is 63.2 Å². The van der Waals surface area contributed by atoms with Crippen LogP contribution in [-0.2, 0) is 28.0 Å². The van der Waals surface area contributed by atoms with Crippen molar-refractivity contribution in [1.29, 1.82) is 0 Å². The van der Waals surface area contributed by atoms with E-state index >= 15 is 0 Å². The highest BCUT2D eigenvalue weighted by molar-refractivity contribution is 8.10. The Balaban J connectivity index is 2.83. The molecule has 0 aromatic heterocycles. The van der Waals surface area contributed by atoms with E-state index in [2.05, 4.69) is 0 Å². The molecule has 0 saturated heterocycles. The summed E-state index contributed by atoms with van der Waals surface area (Å²) in [5.41, 5.74) is 0.945. The molecule has 5 nitrogen and oxygen atoms in total. The quantitative estimate of drug-likeness (QED) is 0.459. The molecule has 2 atom stereocenters. The second kappa shape index (κ2) is 10.6. The third kappa shape index (κ3) is 5.26. The van der Waals surface area contributed by atoms with E-state index in [1.54, 1.807) is 32.0 Å². The summed E-state index contributed by atoms with van der Waals surface area (Å²) in [4.78, 5) is -0.0644. The van der Waals surface area contributed by atoms with Gasteiger partial charge in [-0.1, -0.05) is 65.4 Å². The van der Waals surface area contributed by atoms with Crippen LogP contribution < -0.4 is 3.71 Å². The standard InChI is InChI=1S/C21H27Cl2NO4S2/c1-5-7-15(4)18-8-6-9-19(23)21(18)30(27,28)24(29(26)14(2)3)20-12-17(22)11-10-16(20)13-25/h6,8-12,14-15,25H,5,7,13H2,1-4H3/t15-,29?/m1/s1. The number of nitrogens with zero attached hydrogens (tertiary/aromatic N) is 1. The maximum Gasteiger partial charge on any atom is 0.304 e. The lowest BCUT2D eigenvalue weighted by atomic mass is 9.97. The van der Waals surface area contributed by atoms with Crippen molar-refractivity contribution >= 4 is 50.3 Å². The summed E-state index contributed by atoms with van der Waals surface area (Å²) in [6.45, 7) is 6.85. The molecule has 9 heteroatoms. The Labute approximate surface area is 192 Å². The zero-order valence-electron chi connectivity index (χ0n) is 17.4. The van der Waals surface area contributed by atoms with Crippen LogP contribution in [0.25, 0.3) is 0 Å². The van der Waals surface area contributed by atoms with Gasteiger partial charge in [-0.05, 0) is 49.9 Å². The number of hydrogen-bond donors (Lipinski definition) is 1. The molecule has 2 rings (SSSR count). The summed E-state index contributed by atoms with van der Waals surface area (Å²) < 4.78 is 42.0. The predicted molar refractivity (Wildman–Crippen MR) is 125 cm³/mol. The van der Waals surface area contributed by atoms with Crippen LogP contribution >= 0.6 is 23.2 Å². The first kappa shape index (κ1) is 25.3. The molecule has 0 amide bonds. The van der Waals surface area contributed by atoms with Crippen LogP contribution in [0.15, 0.2) is 41.3 Å². The van der Waals surface area contributed by atoms with Crippen LogP contribution in [0.1, 0.15) is 57.6 Å². The molecule has 30 heavy (non-hydrogen) atoms. The minimum Gasteiger partial charge on any atom is -0.592 e. The van der Waals surface area contributed by atoms with Gasteiger partial charge in [0.05, 0.1) is 23.0 Å². The monoisotopic (exact) mass is 491 g/mol. The Hall–Kier alpha value is -0.960. The molecule has 0 radical (unpaired) electrons. The Morgan fingerprint density at radius 3 is 2.40 bits per heavy atom. The summed E-state index contributed by atoms with van der Waals surface area (Å²) in [7, 11) is -4.34. The fourth-order valence-electron chi connectivity index (χ4n) is 3.21. The summed E-state index contributed by atoms with van der Waals surface area (Å²) in [6, 6.07) is 9.43. The topological polar surface area (TPSA) is 80.7 Å². The second-order valence-corrected chi connectivity index (χ2v) is 12.0. The van der Waals surface area contributed by atoms with E-state index in [0.717, 1.165) is 16.6 Å². The number of sulfonamides is 1. The third-order valence-corrected chi connectivity index (χ3v) is 9.33. The minimum absolute atomic E-state index is 0.0637. The summed E-state index contributed by atoms with van der Waals surface area (Å²) in [5.74, 6) is -0.0653. The van der Waals surface area contributed by atoms with Crippen molar-refractivity contribution in [1.82, 2.24) is 0 Å². The van der Waals surface area contributed by atoms with Crippen LogP contribution in [0.3, 0.4) is 0 Å². The molecule has 0 heterocycles. The van der Waals surface area contributed by atoms with Gasteiger partial charge in [-0.25, -0.2) is 0 Å². The molecular weight excluding hydrogens is 465 g/mol. The average Bonchev–Trinajstić information content (AvgIpc) is 2.67. The van der Waals surface area contributed by atoms with Crippen molar-refractivity contribution in [3.8, 4) is 0 Å². The molecule has 2 aromatic rings. The van der Waals surface area contributed by atoms with Crippen LogP contribution in [0.5, 0.6) is 0 Å². The molecule has 0 aliphatic heterocycles. The first-order chi connectivity index (χ1) is 14.1. The molecule has 0 aliphatic rings. The van der Waals surface area contributed by atoms with E-state index in [-0.39, 0.29) is 26.5 Å². The molecule has 166 valence electrons. The lowest BCUT2D eigenvalue weighted by Gasteiger charge is -2.30. The van der Waals surface area contributed by atoms with Gasteiger partial charge in [-0.3, -0.25) is 0 Å². The van der Waals surface area contributed by atoms with Crippen LogP contribution in [-0.4, -0.2) is 23.3 Å². The van der Waals surface area contributed by atoms with Crippen molar-refractivity contribution in [3.05, 3.63) is 57.6 Å². The molecule has 2 aromatic carbocycles. The highest BCUT2D eigenvalue weighted by atomic mass is 35.5. The largest absolute Gasteiger partial charge is 0.592 e. The summed E-state index contributed by atoms with van der Waals surface area (Å²) in [6.07, 6.45) is 1.65. The molecule has 1 N–H and O–H groups in total. The molecular formula is C21H27Cl2NO4S2. The summed E-state index contributed by atoms with van der Waals surface area (Å²) in [5, 5.41) is 9.61. The van der Waals surface area contributed by atoms with Gasteiger partial charge in [0.2, 0.25) is 0 Å². The Kier molecular flexibility index (Phi) is 8.92. The number of aliphatic hydroxyl groups is 1. The number of hydrogen-bond acceptors (Lipinski definition) is 4. The van der Waals surface area contributed by atoms with Crippen LogP contribution in [0, 0.1) is 0 Å². The molecule has 0 spiro atoms. The van der Waals surface area contributed by atoms with E-state index in [1.165, 1.54) is 18.2 Å². The fraction of sp³-hybridized carbons (Fsp3) is 0.429. The van der Waals surface area contributed by atoms with Gasteiger partial charge < -0.3 is 9.66 Å². The van der Waals surface area contributed by atoms with Crippen molar-refractivity contribution < 1.29 is 18.1 Å². The molecule has 0 aliphatic carbocycles. The zero-order chi connectivity index (χ0) is 22.6. The van der Waals surface area contributed by atoms with Crippen LogP contribution in [0.4, 0.5) is 5.69 Å². The van der Waals surface area contributed by atoms with Crippen molar-refractivity contribution in [2.24, 2.45) is 0 Å². The Morgan fingerprint density at radius 1 is 1.17 bits per heavy atom. The molecule has 0 bridgehead atoms.